The van der Waals surface area contributed by atoms with Gasteiger partial charge in [0, 0.05) is 31.8 Å². The van der Waals surface area contributed by atoms with Crippen LogP contribution in [0.25, 0.3) is 6.08 Å². The van der Waals surface area contributed by atoms with Crippen molar-refractivity contribution in [3.05, 3.63) is 35.7 Å². The molecule has 8 nitrogen and oxygen atoms in total. The first kappa shape index (κ1) is 17.7. The summed E-state index contributed by atoms with van der Waals surface area (Å²) >= 11 is 0. The molecule has 2 aromatic heterocycles. The number of hydrogen-bond donors (Lipinski definition) is 2. The van der Waals surface area contributed by atoms with Crippen molar-refractivity contribution in [1.82, 2.24) is 15.0 Å². The number of nitrogens with one attached hydrogen (secondary N) is 2. The SMILES string of the molecule is CCOCc1nc(Nc2ccc(N3CCOCC3)cn2)nc2c1C=CCN2. The van der Waals surface area contributed by atoms with Crippen molar-refractivity contribution in [2.24, 2.45) is 0 Å². The summed E-state index contributed by atoms with van der Waals surface area (Å²) < 4.78 is 11.0. The number of anilines is 4. The Kier molecular flexibility index (Phi) is 5.45. The molecule has 1 saturated heterocycles. The van der Waals surface area contributed by atoms with Crippen LogP contribution in [0.5, 0.6) is 0 Å². The Bertz CT molecular complexity index is 803. The number of nitrogens with zero attached hydrogens (tertiary/aromatic N) is 4. The summed E-state index contributed by atoms with van der Waals surface area (Å²) in [5.41, 5.74) is 2.94. The van der Waals surface area contributed by atoms with Crippen molar-refractivity contribution in [1.29, 1.82) is 0 Å². The van der Waals surface area contributed by atoms with Gasteiger partial charge in [-0.15, -0.1) is 0 Å². The zero-order valence-electron chi connectivity index (χ0n) is 15.4. The van der Waals surface area contributed by atoms with Crippen LogP contribution in [0, 0.1) is 0 Å². The van der Waals surface area contributed by atoms with Crippen LogP contribution in [0.15, 0.2) is 24.4 Å². The molecule has 0 unspecified atom stereocenters. The molecule has 2 N–H and O–H groups in total. The highest BCUT2D eigenvalue weighted by Crippen LogP contribution is 2.25. The highest BCUT2D eigenvalue weighted by molar-refractivity contribution is 5.70. The molecule has 0 amide bonds. The van der Waals surface area contributed by atoms with Gasteiger partial charge in [0.05, 0.1) is 37.4 Å². The van der Waals surface area contributed by atoms with Gasteiger partial charge in [-0.3, -0.25) is 0 Å². The lowest BCUT2D eigenvalue weighted by atomic mass is 10.1. The lowest BCUT2D eigenvalue weighted by Crippen LogP contribution is -2.36. The van der Waals surface area contributed by atoms with E-state index >= 15 is 0 Å². The maximum absolute atomic E-state index is 5.56. The molecule has 0 aliphatic carbocycles. The predicted molar refractivity (Wildman–Crippen MR) is 105 cm³/mol. The summed E-state index contributed by atoms with van der Waals surface area (Å²) in [7, 11) is 0. The molecule has 142 valence electrons. The van der Waals surface area contributed by atoms with Gasteiger partial charge in [0.25, 0.3) is 0 Å². The van der Waals surface area contributed by atoms with Crippen molar-refractivity contribution in [2.45, 2.75) is 13.5 Å². The molecule has 27 heavy (non-hydrogen) atoms. The Morgan fingerprint density at radius 3 is 2.93 bits per heavy atom. The monoisotopic (exact) mass is 368 g/mol. The van der Waals surface area contributed by atoms with E-state index in [9.17, 15) is 0 Å². The number of pyridine rings is 1. The predicted octanol–water partition coefficient (Wildman–Crippen LogP) is 2.43. The molecule has 4 rings (SSSR count). The van der Waals surface area contributed by atoms with Gasteiger partial charge < -0.3 is 25.0 Å². The number of ether oxygens (including phenoxy) is 2. The molecule has 0 atom stereocenters. The zero-order chi connectivity index (χ0) is 18.5. The van der Waals surface area contributed by atoms with E-state index in [1.807, 2.05) is 25.3 Å². The van der Waals surface area contributed by atoms with Crippen LogP contribution < -0.4 is 15.5 Å². The molecule has 2 aromatic rings. The van der Waals surface area contributed by atoms with Crippen LogP contribution in [0.4, 0.5) is 23.3 Å². The summed E-state index contributed by atoms with van der Waals surface area (Å²) in [5.74, 6) is 2.04. The molecule has 1 fully saturated rings. The maximum atomic E-state index is 5.56. The van der Waals surface area contributed by atoms with Crippen molar-refractivity contribution in [3.63, 3.8) is 0 Å². The second kappa shape index (κ2) is 8.32. The van der Waals surface area contributed by atoms with Crippen LogP contribution in [0.2, 0.25) is 0 Å². The van der Waals surface area contributed by atoms with Crippen molar-refractivity contribution in [3.8, 4) is 0 Å². The van der Waals surface area contributed by atoms with Gasteiger partial charge in [-0.1, -0.05) is 12.2 Å². The number of aromatic nitrogens is 3. The first-order chi connectivity index (χ1) is 13.3. The minimum atomic E-state index is 0.450. The van der Waals surface area contributed by atoms with Gasteiger partial charge in [-0.05, 0) is 19.1 Å². The summed E-state index contributed by atoms with van der Waals surface area (Å²) in [4.78, 5) is 16.0. The van der Waals surface area contributed by atoms with Crippen LogP contribution in [-0.4, -0.2) is 54.4 Å². The Balaban J connectivity index is 1.52. The van der Waals surface area contributed by atoms with Gasteiger partial charge in [0.15, 0.2) is 0 Å². The van der Waals surface area contributed by atoms with E-state index in [4.69, 9.17) is 9.47 Å². The maximum Gasteiger partial charge on any atom is 0.230 e. The van der Waals surface area contributed by atoms with Gasteiger partial charge in [-0.25, -0.2) is 9.97 Å². The van der Waals surface area contributed by atoms with Crippen molar-refractivity contribution >= 4 is 29.3 Å². The molecule has 4 heterocycles. The van der Waals surface area contributed by atoms with Crippen LogP contribution in [0.1, 0.15) is 18.2 Å². The fourth-order valence-electron chi connectivity index (χ4n) is 3.11. The third kappa shape index (κ3) is 4.17. The van der Waals surface area contributed by atoms with Gasteiger partial charge in [0.1, 0.15) is 11.6 Å². The van der Waals surface area contributed by atoms with E-state index in [1.54, 1.807) is 0 Å². The topological polar surface area (TPSA) is 84.4 Å². The fraction of sp³-hybridized carbons (Fsp3) is 0.421. The number of hydrogen-bond acceptors (Lipinski definition) is 8. The van der Waals surface area contributed by atoms with Crippen LogP contribution in [-0.2, 0) is 16.1 Å². The van der Waals surface area contributed by atoms with E-state index in [-0.39, 0.29) is 0 Å². The second-order valence-corrected chi connectivity index (χ2v) is 6.30. The molecule has 0 aromatic carbocycles. The molecule has 2 aliphatic heterocycles. The van der Waals surface area contributed by atoms with E-state index < -0.39 is 0 Å². The van der Waals surface area contributed by atoms with Gasteiger partial charge in [-0.2, -0.15) is 4.98 Å². The Hall–Kier alpha value is -2.71. The molecule has 0 saturated carbocycles. The lowest BCUT2D eigenvalue weighted by molar-refractivity contribution is 0.122. The quantitative estimate of drug-likeness (QED) is 0.804. The molecular formula is C19H24N6O2. The summed E-state index contributed by atoms with van der Waals surface area (Å²) in [5, 5.41) is 6.49. The highest BCUT2D eigenvalue weighted by Gasteiger charge is 2.15. The number of rotatable bonds is 6. The average Bonchev–Trinajstić information content (AvgIpc) is 2.73. The fourth-order valence-corrected chi connectivity index (χ4v) is 3.11. The van der Waals surface area contributed by atoms with Crippen LogP contribution >= 0.6 is 0 Å². The molecule has 8 heteroatoms. The molecule has 0 spiro atoms. The lowest BCUT2D eigenvalue weighted by Gasteiger charge is -2.28. The van der Waals surface area contributed by atoms with Crippen LogP contribution in [0.3, 0.4) is 0 Å². The number of fused-ring (bicyclic) bond motifs is 1. The second-order valence-electron chi connectivity index (χ2n) is 6.30. The van der Waals surface area contributed by atoms with E-state index in [0.29, 0.717) is 25.0 Å². The zero-order valence-corrected chi connectivity index (χ0v) is 15.4. The third-order valence-electron chi connectivity index (χ3n) is 4.50. The molecule has 2 aliphatic rings. The highest BCUT2D eigenvalue weighted by atomic mass is 16.5. The minimum absolute atomic E-state index is 0.450. The number of morpholine rings is 1. The third-order valence-corrected chi connectivity index (χ3v) is 4.50. The molecule has 0 radical (unpaired) electrons. The largest absolute Gasteiger partial charge is 0.378 e. The normalized spacial score (nSPS) is 16.0. The Morgan fingerprint density at radius 1 is 1.26 bits per heavy atom. The molecule has 0 bridgehead atoms. The van der Waals surface area contributed by atoms with E-state index in [0.717, 1.165) is 55.6 Å². The van der Waals surface area contributed by atoms with Crippen molar-refractivity contribution < 1.29 is 9.47 Å². The van der Waals surface area contributed by atoms with Gasteiger partial charge >= 0.3 is 0 Å². The smallest absolute Gasteiger partial charge is 0.230 e. The Morgan fingerprint density at radius 2 is 2.15 bits per heavy atom. The van der Waals surface area contributed by atoms with Crippen molar-refractivity contribution in [2.75, 3.05) is 55.0 Å². The van der Waals surface area contributed by atoms with Gasteiger partial charge in [0.2, 0.25) is 5.95 Å². The average molecular weight is 368 g/mol. The van der Waals surface area contributed by atoms with E-state index in [2.05, 4.69) is 42.6 Å². The van der Waals surface area contributed by atoms with E-state index in [1.165, 1.54) is 0 Å². The summed E-state index contributed by atoms with van der Waals surface area (Å²) in [6.45, 7) is 7.12. The summed E-state index contributed by atoms with van der Waals surface area (Å²) in [6.07, 6.45) is 5.97. The minimum Gasteiger partial charge on any atom is -0.378 e. The standard InChI is InChI=1S/C19H24N6O2/c1-2-26-13-16-15-4-3-7-20-18(15)24-19(22-16)23-17-6-5-14(12-21-17)25-8-10-27-11-9-25/h3-6,12H,2,7-11,13H2,1H3,(H2,20,21,22,23,24). The Labute approximate surface area is 158 Å². The summed E-state index contributed by atoms with van der Waals surface area (Å²) in [6, 6.07) is 4.00. The molecular weight excluding hydrogens is 344 g/mol. The first-order valence-electron chi connectivity index (χ1n) is 9.28. The first-order valence-corrected chi connectivity index (χ1v) is 9.28.